The predicted octanol–water partition coefficient (Wildman–Crippen LogP) is 4.48. The van der Waals surface area contributed by atoms with Crippen molar-refractivity contribution in [3.63, 3.8) is 0 Å². The minimum Gasteiger partial charge on any atom is -0.271 e. The highest BCUT2D eigenvalue weighted by molar-refractivity contribution is 7.92. The van der Waals surface area contributed by atoms with E-state index in [1.807, 2.05) is 0 Å². The predicted molar refractivity (Wildman–Crippen MR) is 120 cm³/mol. The number of carbonyl (C=O) groups excluding carboxylic acids is 1. The summed E-state index contributed by atoms with van der Waals surface area (Å²) in [7, 11) is -4.22. The molecule has 0 saturated heterocycles. The first-order chi connectivity index (χ1) is 14.8. The Labute approximate surface area is 189 Å². The second-order valence-electron chi connectivity index (χ2n) is 6.20. The van der Waals surface area contributed by atoms with Crippen molar-refractivity contribution >= 4 is 51.0 Å². The number of halogens is 3. The van der Waals surface area contributed by atoms with Crippen molar-refractivity contribution in [1.82, 2.24) is 5.43 Å². The van der Waals surface area contributed by atoms with Crippen LogP contribution in [0.25, 0.3) is 0 Å². The Morgan fingerprint density at radius 1 is 0.968 bits per heavy atom. The van der Waals surface area contributed by atoms with E-state index in [4.69, 9.17) is 23.2 Å². The van der Waals surface area contributed by atoms with Gasteiger partial charge in [-0.05, 0) is 36.4 Å². The molecule has 0 atom stereocenters. The normalized spacial score (nSPS) is 11.5. The summed E-state index contributed by atoms with van der Waals surface area (Å²) in [6.07, 6.45) is 1.24. The van der Waals surface area contributed by atoms with Crippen LogP contribution in [-0.2, 0) is 14.8 Å². The van der Waals surface area contributed by atoms with E-state index in [2.05, 4.69) is 10.5 Å². The van der Waals surface area contributed by atoms with Gasteiger partial charge in [-0.15, -0.1) is 0 Å². The summed E-state index contributed by atoms with van der Waals surface area (Å²) < 4.78 is 41.3. The molecule has 0 aliphatic heterocycles. The van der Waals surface area contributed by atoms with E-state index in [0.717, 1.165) is 6.07 Å². The van der Waals surface area contributed by atoms with Gasteiger partial charge in [0, 0.05) is 5.56 Å². The summed E-state index contributed by atoms with van der Waals surface area (Å²) in [6.45, 7) is -0.703. The lowest BCUT2D eigenvalue weighted by Gasteiger charge is -2.24. The molecule has 6 nitrogen and oxygen atoms in total. The van der Waals surface area contributed by atoms with Gasteiger partial charge in [0.1, 0.15) is 12.4 Å². The fourth-order valence-electron chi connectivity index (χ4n) is 2.64. The van der Waals surface area contributed by atoms with Crippen LogP contribution >= 0.6 is 23.2 Å². The molecule has 0 bridgehead atoms. The molecule has 0 radical (unpaired) electrons. The number of hydrogen-bond acceptors (Lipinski definition) is 4. The number of para-hydroxylation sites is 1. The monoisotopic (exact) mass is 479 g/mol. The van der Waals surface area contributed by atoms with Gasteiger partial charge >= 0.3 is 0 Å². The van der Waals surface area contributed by atoms with Crippen LogP contribution in [-0.4, -0.2) is 27.1 Å². The van der Waals surface area contributed by atoms with Gasteiger partial charge in [-0.2, -0.15) is 5.10 Å². The molecule has 3 rings (SSSR count). The quantitative estimate of drug-likeness (QED) is 0.400. The van der Waals surface area contributed by atoms with Crippen LogP contribution in [0.4, 0.5) is 10.1 Å². The number of rotatable bonds is 7. The number of carbonyl (C=O) groups is 1. The number of nitrogens with zero attached hydrogens (tertiary/aromatic N) is 2. The summed E-state index contributed by atoms with van der Waals surface area (Å²) in [4.78, 5) is 12.4. The van der Waals surface area contributed by atoms with Crippen LogP contribution < -0.4 is 9.73 Å². The molecule has 31 heavy (non-hydrogen) atoms. The smallest absolute Gasteiger partial charge is 0.264 e. The zero-order valence-electron chi connectivity index (χ0n) is 15.9. The molecular weight excluding hydrogens is 464 g/mol. The Balaban J connectivity index is 1.86. The molecule has 3 aromatic carbocycles. The van der Waals surface area contributed by atoms with Crippen molar-refractivity contribution < 1.29 is 17.6 Å². The maximum atomic E-state index is 14.4. The summed E-state index contributed by atoms with van der Waals surface area (Å²) in [5, 5.41) is 4.43. The molecule has 0 aliphatic carbocycles. The number of sulfonamides is 1. The van der Waals surface area contributed by atoms with Crippen molar-refractivity contribution in [3.8, 4) is 0 Å². The topological polar surface area (TPSA) is 78.8 Å². The maximum Gasteiger partial charge on any atom is 0.264 e. The molecule has 0 saturated carbocycles. The van der Waals surface area contributed by atoms with Crippen LogP contribution in [0.3, 0.4) is 0 Å². The number of anilines is 1. The van der Waals surface area contributed by atoms with Crippen molar-refractivity contribution in [3.05, 3.63) is 94.2 Å². The first kappa shape index (κ1) is 22.7. The largest absolute Gasteiger partial charge is 0.271 e. The SMILES string of the molecule is O=C(CN(c1ccccc1F)S(=O)(=O)c1ccccc1)N/N=C\c1c(Cl)cccc1Cl. The van der Waals surface area contributed by atoms with Crippen molar-refractivity contribution in [2.24, 2.45) is 5.10 Å². The second kappa shape index (κ2) is 9.91. The molecule has 0 heterocycles. The molecule has 160 valence electrons. The van der Waals surface area contributed by atoms with Gasteiger partial charge in [0.25, 0.3) is 15.9 Å². The highest BCUT2D eigenvalue weighted by Gasteiger charge is 2.28. The van der Waals surface area contributed by atoms with Crippen LogP contribution in [0.1, 0.15) is 5.56 Å². The standard InChI is InChI=1S/C21H16Cl2FN3O3S/c22-17-9-6-10-18(23)16(17)13-25-26-21(28)14-27(20-12-5-4-11-19(20)24)31(29,30)15-7-2-1-3-8-15/h1-13H,14H2,(H,26,28)/b25-13-. The molecule has 0 aliphatic rings. The van der Waals surface area contributed by atoms with E-state index >= 15 is 0 Å². The first-order valence-electron chi connectivity index (χ1n) is 8.89. The lowest BCUT2D eigenvalue weighted by Crippen LogP contribution is -2.40. The number of benzene rings is 3. The minimum absolute atomic E-state index is 0.0857. The minimum atomic E-state index is -4.22. The Morgan fingerprint density at radius 2 is 1.58 bits per heavy atom. The summed E-state index contributed by atoms with van der Waals surface area (Å²) >= 11 is 12.1. The van der Waals surface area contributed by atoms with E-state index in [1.54, 1.807) is 24.3 Å². The van der Waals surface area contributed by atoms with Gasteiger partial charge in [-0.1, -0.05) is 59.6 Å². The Morgan fingerprint density at radius 3 is 2.23 bits per heavy atom. The molecule has 10 heteroatoms. The molecule has 0 fully saturated rings. The average Bonchev–Trinajstić information content (AvgIpc) is 2.75. The number of hydrogen-bond donors (Lipinski definition) is 1. The maximum absolute atomic E-state index is 14.4. The molecule has 0 spiro atoms. The average molecular weight is 480 g/mol. The molecular formula is C21H16Cl2FN3O3S. The molecule has 0 unspecified atom stereocenters. The fraction of sp³-hybridized carbons (Fsp3) is 0.0476. The van der Waals surface area contributed by atoms with Gasteiger partial charge in [-0.3, -0.25) is 9.10 Å². The third-order valence-corrected chi connectivity index (χ3v) is 6.56. The number of hydrazone groups is 1. The van der Waals surface area contributed by atoms with Crippen molar-refractivity contribution in [1.29, 1.82) is 0 Å². The van der Waals surface area contributed by atoms with E-state index in [-0.39, 0.29) is 10.6 Å². The van der Waals surface area contributed by atoms with Crippen LogP contribution in [0.5, 0.6) is 0 Å². The van der Waals surface area contributed by atoms with Crippen molar-refractivity contribution in [2.75, 3.05) is 10.8 Å². The molecule has 1 N–H and O–H groups in total. The Kier molecular flexibility index (Phi) is 7.27. The van der Waals surface area contributed by atoms with Crippen LogP contribution in [0.2, 0.25) is 10.0 Å². The van der Waals surface area contributed by atoms with Gasteiger partial charge in [0.05, 0.1) is 26.8 Å². The Bertz CT molecular complexity index is 1200. The zero-order chi connectivity index (χ0) is 22.4. The van der Waals surface area contributed by atoms with E-state index in [0.29, 0.717) is 19.9 Å². The number of amides is 1. The summed E-state index contributed by atoms with van der Waals surface area (Å²) in [6, 6.07) is 17.6. The lowest BCUT2D eigenvalue weighted by molar-refractivity contribution is -0.119. The van der Waals surface area contributed by atoms with Gasteiger partial charge < -0.3 is 0 Å². The van der Waals surface area contributed by atoms with Crippen molar-refractivity contribution in [2.45, 2.75) is 4.90 Å². The highest BCUT2D eigenvalue weighted by Crippen LogP contribution is 2.26. The highest BCUT2D eigenvalue weighted by atomic mass is 35.5. The molecule has 0 aromatic heterocycles. The Hall–Kier alpha value is -2.94. The van der Waals surface area contributed by atoms with Gasteiger partial charge in [0.15, 0.2) is 0 Å². The summed E-state index contributed by atoms with van der Waals surface area (Å²) in [5.41, 5.74) is 2.33. The second-order valence-corrected chi connectivity index (χ2v) is 8.88. The third kappa shape index (κ3) is 5.41. The van der Waals surface area contributed by atoms with Gasteiger partial charge in [-0.25, -0.2) is 18.2 Å². The van der Waals surface area contributed by atoms with E-state index < -0.39 is 28.3 Å². The lowest BCUT2D eigenvalue weighted by atomic mass is 10.2. The van der Waals surface area contributed by atoms with Gasteiger partial charge in [0.2, 0.25) is 0 Å². The summed E-state index contributed by atoms with van der Waals surface area (Å²) in [5.74, 6) is -1.58. The van der Waals surface area contributed by atoms with Crippen LogP contribution in [0.15, 0.2) is 82.8 Å². The third-order valence-electron chi connectivity index (χ3n) is 4.12. The molecule has 3 aromatic rings. The van der Waals surface area contributed by atoms with E-state index in [1.165, 1.54) is 48.7 Å². The zero-order valence-corrected chi connectivity index (χ0v) is 18.2. The molecule has 1 amide bonds. The van der Waals surface area contributed by atoms with Crippen LogP contribution in [0, 0.1) is 5.82 Å². The van der Waals surface area contributed by atoms with E-state index in [9.17, 15) is 17.6 Å². The first-order valence-corrected chi connectivity index (χ1v) is 11.1. The fourth-order valence-corrected chi connectivity index (χ4v) is 4.59. The number of nitrogens with one attached hydrogen (secondary N) is 1.